The highest BCUT2D eigenvalue weighted by Crippen LogP contribution is 2.43. The number of amides is 2. The summed E-state index contributed by atoms with van der Waals surface area (Å²) in [4.78, 5) is 23.0. The second-order valence-electron chi connectivity index (χ2n) is 7.72. The fraction of sp³-hybridized carbons (Fsp3) is 0.579. The summed E-state index contributed by atoms with van der Waals surface area (Å²) in [6.07, 6.45) is 3.34. The summed E-state index contributed by atoms with van der Waals surface area (Å²) in [7, 11) is 0. The molecule has 0 saturated heterocycles. The van der Waals surface area contributed by atoms with Crippen molar-refractivity contribution in [2.45, 2.75) is 50.9 Å². The average molecular weight is 368 g/mol. The van der Waals surface area contributed by atoms with Crippen LogP contribution in [-0.2, 0) is 20.4 Å². The Labute approximate surface area is 156 Å². The Balaban J connectivity index is 0.00000312. The van der Waals surface area contributed by atoms with Crippen LogP contribution < -0.4 is 16.4 Å². The molecule has 5 nitrogen and oxygen atoms in total. The standard InChI is InChI=1S/C19H29N3O2.ClH/c1-18(2,3)14-5-7-15(8-6-14)19(9-4-10-19)13-22-17(24)12-21-16(23)11-20;/h5-8H,4,9-13,20H2,1-3H3,(H,21,23)(H,22,24);1H. The molecule has 1 aromatic carbocycles. The Bertz CT molecular complexity index is 590. The first kappa shape index (κ1) is 21.5. The van der Waals surface area contributed by atoms with Crippen LogP contribution in [-0.4, -0.2) is 31.4 Å². The van der Waals surface area contributed by atoms with Crippen LogP contribution in [0.15, 0.2) is 24.3 Å². The molecule has 0 bridgehead atoms. The lowest BCUT2D eigenvalue weighted by atomic mass is 9.64. The van der Waals surface area contributed by atoms with Gasteiger partial charge in [0.1, 0.15) is 0 Å². The van der Waals surface area contributed by atoms with Crippen molar-refractivity contribution in [3.8, 4) is 0 Å². The summed E-state index contributed by atoms with van der Waals surface area (Å²) < 4.78 is 0. The minimum atomic E-state index is -0.318. The van der Waals surface area contributed by atoms with Crippen molar-refractivity contribution < 1.29 is 9.59 Å². The molecule has 25 heavy (non-hydrogen) atoms. The van der Waals surface area contributed by atoms with Crippen molar-refractivity contribution in [2.24, 2.45) is 5.73 Å². The lowest BCUT2D eigenvalue weighted by Gasteiger charge is -2.43. The van der Waals surface area contributed by atoms with E-state index in [2.05, 4.69) is 55.7 Å². The number of halogens is 1. The van der Waals surface area contributed by atoms with E-state index in [9.17, 15) is 9.59 Å². The molecule has 1 aromatic rings. The highest BCUT2D eigenvalue weighted by molar-refractivity contribution is 5.85. The normalized spacial score (nSPS) is 15.5. The SMILES string of the molecule is CC(C)(C)c1ccc(C2(CNC(=O)CNC(=O)CN)CCC2)cc1.Cl. The van der Waals surface area contributed by atoms with E-state index in [0.717, 1.165) is 12.8 Å². The van der Waals surface area contributed by atoms with Gasteiger partial charge in [-0.25, -0.2) is 0 Å². The maximum absolute atomic E-state index is 11.9. The summed E-state index contributed by atoms with van der Waals surface area (Å²) in [5, 5.41) is 5.45. The zero-order valence-electron chi connectivity index (χ0n) is 15.4. The van der Waals surface area contributed by atoms with Crippen molar-refractivity contribution in [1.29, 1.82) is 0 Å². The Morgan fingerprint density at radius 2 is 1.68 bits per heavy atom. The van der Waals surface area contributed by atoms with E-state index in [0.29, 0.717) is 6.54 Å². The van der Waals surface area contributed by atoms with Gasteiger partial charge in [-0.15, -0.1) is 12.4 Å². The lowest BCUT2D eigenvalue weighted by molar-refractivity contribution is -0.125. The summed E-state index contributed by atoms with van der Waals surface area (Å²) in [5.74, 6) is -0.490. The highest BCUT2D eigenvalue weighted by Gasteiger charge is 2.38. The maximum Gasteiger partial charge on any atom is 0.239 e. The second kappa shape index (κ2) is 8.68. The molecule has 2 rings (SSSR count). The molecular weight excluding hydrogens is 338 g/mol. The van der Waals surface area contributed by atoms with Crippen molar-refractivity contribution in [3.05, 3.63) is 35.4 Å². The van der Waals surface area contributed by atoms with E-state index in [1.165, 1.54) is 17.5 Å². The molecule has 1 saturated carbocycles. The first-order valence-electron chi connectivity index (χ1n) is 8.61. The van der Waals surface area contributed by atoms with Crippen LogP contribution in [0, 0.1) is 0 Å². The lowest BCUT2D eigenvalue weighted by Crippen LogP contribution is -2.48. The molecule has 4 N–H and O–H groups in total. The third-order valence-corrected chi connectivity index (χ3v) is 4.93. The first-order chi connectivity index (χ1) is 11.3. The number of benzene rings is 1. The van der Waals surface area contributed by atoms with E-state index >= 15 is 0 Å². The van der Waals surface area contributed by atoms with Crippen LogP contribution in [0.3, 0.4) is 0 Å². The molecule has 0 unspecified atom stereocenters. The van der Waals surface area contributed by atoms with Crippen LogP contribution in [0.25, 0.3) is 0 Å². The van der Waals surface area contributed by atoms with E-state index in [1.807, 2.05) is 0 Å². The average Bonchev–Trinajstić information content (AvgIpc) is 2.51. The van der Waals surface area contributed by atoms with Gasteiger partial charge < -0.3 is 16.4 Å². The minimum absolute atomic E-state index is 0. The van der Waals surface area contributed by atoms with Gasteiger partial charge in [-0.3, -0.25) is 9.59 Å². The van der Waals surface area contributed by atoms with Gasteiger partial charge in [0.15, 0.2) is 0 Å². The molecule has 0 radical (unpaired) electrons. The fourth-order valence-electron chi connectivity index (χ4n) is 3.08. The van der Waals surface area contributed by atoms with Gasteiger partial charge in [0.05, 0.1) is 13.1 Å². The molecule has 0 spiro atoms. The Kier molecular flexibility index (Phi) is 7.44. The van der Waals surface area contributed by atoms with E-state index in [1.54, 1.807) is 0 Å². The number of rotatable bonds is 6. The van der Waals surface area contributed by atoms with Crippen molar-refractivity contribution >= 4 is 24.2 Å². The number of nitrogens with one attached hydrogen (secondary N) is 2. The molecule has 0 aliphatic heterocycles. The molecule has 0 heterocycles. The van der Waals surface area contributed by atoms with Gasteiger partial charge in [-0.2, -0.15) is 0 Å². The third-order valence-electron chi connectivity index (χ3n) is 4.93. The zero-order valence-corrected chi connectivity index (χ0v) is 16.2. The van der Waals surface area contributed by atoms with E-state index in [4.69, 9.17) is 5.73 Å². The van der Waals surface area contributed by atoms with Gasteiger partial charge in [0.2, 0.25) is 11.8 Å². The van der Waals surface area contributed by atoms with Crippen LogP contribution >= 0.6 is 12.4 Å². The largest absolute Gasteiger partial charge is 0.354 e. The highest BCUT2D eigenvalue weighted by atomic mass is 35.5. The van der Waals surface area contributed by atoms with Crippen molar-refractivity contribution in [1.82, 2.24) is 10.6 Å². The molecule has 6 heteroatoms. The number of hydrogen-bond donors (Lipinski definition) is 3. The molecule has 0 atom stereocenters. The topological polar surface area (TPSA) is 84.2 Å². The number of carbonyl (C=O) groups excluding carboxylic acids is 2. The quantitative estimate of drug-likeness (QED) is 0.719. The van der Waals surface area contributed by atoms with Crippen LogP contribution in [0.2, 0.25) is 0 Å². The van der Waals surface area contributed by atoms with Crippen LogP contribution in [0.5, 0.6) is 0 Å². The monoisotopic (exact) mass is 367 g/mol. The number of nitrogens with two attached hydrogens (primary N) is 1. The fourth-order valence-corrected chi connectivity index (χ4v) is 3.08. The molecule has 1 aliphatic rings. The summed E-state index contributed by atoms with van der Waals surface area (Å²) >= 11 is 0. The Morgan fingerprint density at radius 1 is 1.08 bits per heavy atom. The predicted octanol–water partition coefficient (Wildman–Crippen LogP) is 2.02. The van der Waals surface area contributed by atoms with Crippen molar-refractivity contribution in [3.63, 3.8) is 0 Å². The van der Waals surface area contributed by atoms with Crippen molar-refractivity contribution in [2.75, 3.05) is 19.6 Å². The number of carbonyl (C=O) groups is 2. The number of hydrogen-bond acceptors (Lipinski definition) is 3. The van der Waals surface area contributed by atoms with E-state index in [-0.39, 0.29) is 48.1 Å². The summed E-state index contributed by atoms with van der Waals surface area (Å²) in [6, 6.07) is 8.78. The Morgan fingerprint density at radius 3 is 2.12 bits per heavy atom. The van der Waals surface area contributed by atoms with Gasteiger partial charge in [-0.05, 0) is 29.4 Å². The van der Waals surface area contributed by atoms with Gasteiger partial charge in [-0.1, -0.05) is 51.5 Å². The molecule has 1 fully saturated rings. The second-order valence-corrected chi connectivity index (χ2v) is 7.72. The smallest absolute Gasteiger partial charge is 0.239 e. The van der Waals surface area contributed by atoms with Crippen LogP contribution in [0.4, 0.5) is 0 Å². The van der Waals surface area contributed by atoms with Gasteiger partial charge in [0.25, 0.3) is 0 Å². The molecule has 1 aliphatic carbocycles. The molecule has 140 valence electrons. The summed E-state index contributed by atoms with van der Waals surface area (Å²) in [5.41, 5.74) is 7.98. The maximum atomic E-state index is 11.9. The van der Waals surface area contributed by atoms with Gasteiger partial charge >= 0.3 is 0 Å². The van der Waals surface area contributed by atoms with Gasteiger partial charge in [0, 0.05) is 12.0 Å². The minimum Gasteiger partial charge on any atom is -0.354 e. The predicted molar refractivity (Wildman–Crippen MR) is 103 cm³/mol. The van der Waals surface area contributed by atoms with E-state index < -0.39 is 0 Å². The Hall–Kier alpha value is -1.59. The zero-order chi connectivity index (χ0) is 17.8. The molecular formula is C19H30ClN3O2. The first-order valence-corrected chi connectivity index (χ1v) is 8.61. The summed E-state index contributed by atoms with van der Waals surface area (Å²) in [6.45, 7) is 7.11. The third kappa shape index (κ3) is 5.44. The molecule has 0 aromatic heterocycles. The molecule has 2 amide bonds. The van der Waals surface area contributed by atoms with Crippen LogP contribution in [0.1, 0.15) is 51.2 Å².